The van der Waals surface area contributed by atoms with E-state index in [1.807, 2.05) is 36.4 Å². The Balaban J connectivity index is 2.09. The van der Waals surface area contributed by atoms with Gasteiger partial charge in [-0.15, -0.1) is 0 Å². The van der Waals surface area contributed by atoms with Gasteiger partial charge in [0.1, 0.15) is 27.9 Å². The maximum absolute atomic E-state index is 12.5. The number of para-hydroxylation sites is 1. The highest BCUT2D eigenvalue weighted by Gasteiger charge is 2.33. The largest absolute Gasteiger partial charge is 0.506 e. The summed E-state index contributed by atoms with van der Waals surface area (Å²) in [6.45, 7) is 1.90. The number of rotatable bonds is 6. The van der Waals surface area contributed by atoms with Crippen LogP contribution in [0.15, 0.2) is 68.2 Å². The molecule has 1 N–H and O–H groups in total. The fraction of sp³-hybridized carbons (Fsp3) is 0.182. The number of carbonyl (C=O) groups excluding carboxylic acids is 1. The molecule has 156 valence electrons. The van der Waals surface area contributed by atoms with Crippen LogP contribution in [0.3, 0.4) is 0 Å². The Morgan fingerprint density at radius 2 is 1.87 bits per heavy atom. The van der Waals surface area contributed by atoms with Gasteiger partial charge in [-0.1, -0.05) is 30.0 Å². The van der Waals surface area contributed by atoms with Crippen molar-refractivity contribution in [3.05, 3.63) is 68.7 Å². The Bertz CT molecular complexity index is 1050. The first-order chi connectivity index (χ1) is 14.5. The summed E-state index contributed by atoms with van der Waals surface area (Å²) in [4.78, 5) is 17.5. The fourth-order valence-electron chi connectivity index (χ4n) is 2.75. The molecule has 0 fully saturated rings. The summed E-state index contributed by atoms with van der Waals surface area (Å²) in [5, 5.41) is 11.2. The first-order valence-electron chi connectivity index (χ1n) is 9.04. The number of aliphatic hydroxyl groups excluding tert-OH is 1. The summed E-state index contributed by atoms with van der Waals surface area (Å²) in [5.41, 5.74) is 1.41. The van der Waals surface area contributed by atoms with Gasteiger partial charge >= 0.3 is 5.97 Å². The molecule has 6 nitrogen and oxygen atoms in total. The smallest absolute Gasteiger partial charge is 0.344 e. The van der Waals surface area contributed by atoms with Gasteiger partial charge in [0.25, 0.3) is 0 Å². The van der Waals surface area contributed by atoms with Crippen LogP contribution >= 0.6 is 27.7 Å². The fourth-order valence-corrected chi connectivity index (χ4v) is 4.30. The normalized spacial score (nSPS) is 16.3. The van der Waals surface area contributed by atoms with Gasteiger partial charge in [-0.25, -0.2) is 9.79 Å². The Labute approximate surface area is 187 Å². The van der Waals surface area contributed by atoms with Gasteiger partial charge in [-0.05, 0) is 47.1 Å². The number of esters is 1. The second-order valence-corrected chi connectivity index (χ2v) is 7.92. The van der Waals surface area contributed by atoms with Crippen LogP contribution in [-0.4, -0.2) is 36.9 Å². The van der Waals surface area contributed by atoms with Crippen LogP contribution in [0.4, 0.5) is 5.69 Å². The van der Waals surface area contributed by atoms with Gasteiger partial charge in [0.05, 0.1) is 35.9 Å². The molecule has 2 aromatic rings. The number of hydrogen-bond acceptors (Lipinski definition) is 7. The molecule has 0 atom stereocenters. The number of thioether (sulfide) groups is 1. The summed E-state index contributed by atoms with van der Waals surface area (Å²) in [7, 11) is 3.12. The van der Waals surface area contributed by atoms with Crippen LogP contribution in [-0.2, 0) is 9.53 Å². The summed E-state index contributed by atoms with van der Waals surface area (Å²) in [6, 6.07) is 12.8. The van der Waals surface area contributed by atoms with Crippen molar-refractivity contribution < 1.29 is 24.1 Å². The summed E-state index contributed by atoms with van der Waals surface area (Å²) in [6.07, 6.45) is 1.73. The molecule has 0 saturated heterocycles. The molecule has 30 heavy (non-hydrogen) atoms. The third-order valence-corrected chi connectivity index (χ3v) is 5.79. The number of halogens is 1. The minimum atomic E-state index is -0.622. The predicted octanol–water partition coefficient (Wildman–Crippen LogP) is 5.66. The zero-order valence-corrected chi connectivity index (χ0v) is 19.0. The number of ether oxygens (including phenoxy) is 3. The number of benzene rings is 2. The molecule has 1 aliphatic rings. The summed E-state index contributed by atoms with van der Waals surface area (Å²) in [5.74, 6) is 0.374. The third kappa shape index (κ3) is 4.71. The average Bonchev–Trinajstić information content (AvgIpc) is 3.04. The lowest BCUT2D eigenvalue weighted by Gasteiger charge is -2.10. The van der Waals surface area contributed by atoms with E-state index >= 15 is 0 Å². The predicted molar refractivity (Wildman–Crippen MR) is 123 cm³/mol. The zero-order chi connectivity index (χ0) is 21.7. The van der Waals surface area contributed by atoms with E-state index in [2.05, 4.69) is 20.9 Å². The highest BCUT2D eigenvalue weighted by molar-refractivity contribution is 9.10. The highest BCUT2D eigenvalue weighted by Crippen LogP contribution is 2.42. The van der Waals surface area contributed by atoms with E-state index in [4.69, 9.17) is 14.2 Å². The summed E-state index contributed by atoms with van der Waals surface area (Å²) < 4.78 is 16.6. The lowest BCUT2D eigenvalue weighted by Crippen LogP contribution is -2.12. The molecule has 0 unspecified atom stereocenters. The van der Waals surface area contributed by atoms with Crippen LogP contribution in [0.5, 0.6) is 11.5 Å². The molecule has 0 radical (unpaired) electrons. The maximum Gasteiger partial charge on any atom is 0.344 e. The monoisotopic (exact) mass is 489 g/mol. The molecule has 0 amide bonds. The second kappa shape index (κ2) is 9.86. The number of aliphatic imine (C=N–C) groups is 1. The van der Waals surface area contributed by atoms with Crippen molar-refractivity contribution in [2.75, 3.05) is 20.8 Å². The lowest BCUT2D eigenvalue weighted by molar-refractivity contribution is -0.138. The lowest BCUT2D eigenvalue weighted by atomic mass is 10.1. The minimum absolute atomic E-state index is 0.0449. The van der Waals surface area contributed by atoms with Crippen molar-refractivity contribution in [3.63, 3.8) is 0 Å². The van der Waals surface area contributed by atoms with Crippen molar-refractivity contribution in [1.29, 1.82) is 0 Å². The van der Waals surface area contributed by atoms with Crippen LogP contribution in [0, 0.1) is 0 Å². The maximum atomic E-state index is 12.5. The molecule has 1 aliphatic heterocycles. The Morgan fingerprint density at radius 3 is 2.50 bits per heavy atom. The van der Waals surface area contributed by atoms with Crippen molar-refractivity contribution in [2.24, 2.45) is 4.99 Å². The van der Waals surface area contributed by atoms with Crippen LogP contribution < -0.4 is 9.47 Å². The second-order valence-electron chi connectivity index (χ2n) is 6.04. The molecule has 0 aromatic heterocycles. The standard InChI is InChI=1S/C22H20BrNO5S/c1-4-29-22(26)19-20(25)18(30-21(19)24-14-8-6-5-7-9-14)11-13-10-15(23)17(28-3)12-16(13)27-2/h5-12,25H,4H2,1-3H3/b18-11-,24-21?. The van der Waals surface area contributed by atoms with Crippen molar-refractivity contribution in [1.82, 2.24) is 0 Å². The number of carbonyl (C=O) groups is 1. The Morgan fingerprint density at radius 1 is 1.17 bits per heavy atom. The van der Waals surface area contributed by atoms with E-state index in [1.165, 1.54) is 11.8 Å². The van der Waals surface area contributed by atoms with Gasteiger partial charge in [0.2, 0.25) is 0 Å². The van der Waals surface area contributed by atoms with Gasteiger partial charge in [0.15, 0.2) is 0 Å². The van der Waals surface area contributed by atoms with E-state index in [-0.39, 0.29) is 17.9 Å². The molecule has 1 heterocycles. The Kier molecular flexibility index (Phi) is 7.23. The molecule has 2 aromatic carbocycles. The van der Waals surface area contributed by atoms with Crippen LogP contribution in [0.1, 0.15) is 12.5 Å². The Hall–Kier alpha value is -2.71. The molecular weight excluding hydrogens is 470 g/mol. The molecule has 0 spiro atoms. The quantitative estimate of drug-likeness (QED) is 0.527. The van der Waals surface area contributed by atoms with Gasteiger partial charge in [-0.3, -0.25) is 0 Å². The van der Waals surface area contributed by atoms with E-state index in [9.17, 15) is 9.90 Å². The van der Waals surface area contributed by atoms with E-state index < -0.39 is 5.97 Å². The minimum Gasteiger partial charge on any atom is -0.506 e. The van der Waals surface area contributed by atoms with Gasteiger partial charge in [-0.2, -0.15) is 0 Å². The van der Waals surface area contributed by atoms with Crippen molar-refractivity contribution >= 4 is 50.5 Å². The van der Waals surface area contributed by atoms with E-state index in [0.717, 1.165) is 4.47 Å². The number of nitrogens with zero attached hydrogens (tertiary/aromatic N) is 1. The SMILES string of the molecule is CCOC(=O)C1=C(O)/C(=C/c2cc(Br)c(OC)cc2OC)SC1=Nc1ccccc1. The third-order valence-electron chi connectivity index (χ3n) is 4.15. The van der Waals surface area contributed by atoms with Gasteiger partial charge < -0.3 is 19.3 Å². The van der Waals surface area contributed by atoms with E-state index in [1.54, 1.807) is 33.3 Å². The topological polar surface area (TPSA) is 77.4 Å². The number of aliphatic hydroxyl groups is 1. The molecule has 0 aliphatic carbocycles. The first kappa shape index (κ1) is 22.0. The molecule has 8 heteroatoms. The van der Waals surface area contributed by atoms with E-state index in [0.29, 0.717) is 32.7 Å². The van der Waals surface area contributed by atoms with Crippen molar-refractivity contribution in [2.45, 2.75) is 6.92 Å². The molecule has 0 bridgehead atoms. The summed E-state index contributed by atoms with van der Waals surface area (Å²) >= 11 is 4.65. The number of methoxy groups -OCH3 is 2. The molecule has 0 saturated carbocycles. The van der Waals surface area contributed by atoms with Gasteiger partial charge in [0, 0.05) is 11.6 Å². The van der Waals surface area contributed by atoms with Crippen LogP contribution in [0.2, 0.25) is 0 Å². The highest BCUT2D eigenvalue weighted by atomic mass is 79.9. The zero-order valence-electron chi connectivity index (χ0n) is 16.6. The first-order valence-corrected chi connectivity index (χ1v) is 10.6. The van der Waals surface area contributed by atoms with Crippen LogP contribution in [0.25, 0.3) is 6.08 Å². The molecule has 3 rings (SSSR count). The average molecular weight is 490 g/mol. The number of hydrogen-bond donors (Lipinski definition) is 1. The molecular formula is C22H20BrNO5S. The van der Waals surface area contributed by atoms with Crippen molar-refractivity contribution in [3.8, 4) is 11.5 Å².